The Balaban J connectivity index is 1.65. The van der Waals surface area contributed by atoms with Crippen LogP contribution in [0, 0.1) is 6.92 Å². The molecule has 3 aromatic rings. The van der Waals surface area contributed by atoms with Crippen LogP contribution in [0.4, 0.5) is 5.69 Å². The molecule has 0 saturated carbocycles. The number of benzene rings is 2. The summed E-state index contributed by atoms with van der Waals surface area (Å²) < 4.78 is 5.66. The van der Waals surface area contributed by atoms with Gasteiger partial charge < -0.3 is 9.32 Å². The van der Waals surface area contributed by atoms with Crippen LogP contribution in [0.2, 0.25) is 0 Å². The number of nitrogens with zero attached hydrogens (tertiary/aromatic N) is 3. The number of anilines is 1. The van der Waals surface area contributed by atoms with Crippen molar-refractivity contribution in [2.45, 2.75) is 12.1 Å². The van der Waals surface area contributed by atoms with Crippen LogP contribution in [-0.2, 0) is 4.79 Å². The number of carbonyl (C=O) groups is 1. The van der Waals surface area contributed by atoms with Gasteiger partial charge in [-0.15, -0.1) is 16.8 Å². The Bertz CT molecular complexity index is 876. The van der Waals surface area contributed by atoms with Gasteiger partial charge in [0, 0.05) is 17.8 Å². The summed E-state index contributed by atoms with van der Waals surface area (Å²) in [5.41, 5.74) is 2.86. The Labute approximate surface area is 156 Å². The summed E-state index contributed by atoms with van der Waals surface area (Å²) in [4.78, 5) is 14.3. The zero-order valence-corrected chi connectivity index (χ0v) is 15.3. The second-order valence-electron chi connectivity index (χ2n) is 5.66. The summed E-state index contributed by atoms with van der Waals surface area (Å²) in [6, 6.07) is 17.4. The van der Waals surface area contributed by atoms with Crippen LogP contribution in [0.15, 0.2) is 76.9 Å². The van der Waals surface area contributed by atoms with E-state index in [1.807, 2.05) is 61.5 Å². The van der Waals surface area contributed by atoms with Gasteiger partial charge in [-0.2, -0.15) is 0 Å². The molecule has 6 heteroatoms. The average molecular weight is 365 g/mol. The number of hydrogen-bond donors (Lipinski definition) is 0. The summed E-state index contributed by atoms with van der Waals surface area (Å²) >= 11 is 1.23. The molecule has 0 unspecified atom stereocenters. The third-order valence-corrected chi connectivity index (χ3v) is 4.51. The zero-order valence-electron chi connectivity index (χ0n) is 14.5. The Kier molecular flexibility index (Phi) is 5.86. The first kappa shape index (κ1) is 17.9. The van der Waals surface area contributed by atoms with Crippen molar-refractivity contribution in [3.05, 3.63) is 72.8 Å². The minimum absolute atomic E-state index is 0.0452. The molecule has 1 aromatic heterocycles. The molecule has 0 N–H and O–H groups in total. The van der Waals surface area contributed by atoms with E-state index in [0.717, 1.165) is 16.8 Å². The fourth-order valence-electron chi connectivity index (χ4n) is 2.37. The van der Waals surface area contributed by atoms with Gasteiger partial charge in [0.25, 0.3) is 5.22 Å². The topological polar surface area (TPSA) is 59.2 Å². The highest BCUT2D eigenvalue weighted by Gasteiger charge is 2.17. The first-order chi connectivity index (χ1) is 12.7. The minimum atomic E-state index is -0.0452. The van der Waals surface area contributed by atoms with Gasteiger partial charge >= 0.3 is 0 Å². The number of aromatic nitrogens is 2. The van der Waals surface area contributed by atoms with Crippen LogP contribution in [0.25, 0.3) is 11.5 Å². The van der Waals surface area contributed by atoms with Crippen molar-refractivity contribution in [2.24, 2.45) is 0 Å². The molecule has 0 atom stereocenters. The Morgan fingerprint density at radius 2 is 1.88 bits per heavy atom. The van der Waals surface area contributed by atoms with Crippen molar-refractivity contribution < 1.29 is 9.21 Å². The second kappa shape index (κ2) is 8.49. The van der Waals surface area contributed by atoms with Gasteiger partial charge in [0.1, 0.15) is 0 Å². The smallest absolute Gasteiger partial charge is 0.277 e. The lowest BCUT2D eigenvalue weighted by Crippen LogP contribution is -2.32. The van der Waals surface area contributed by atoms with Crippen LogP contribution in [-0.4, -0.2) is 28.4 Å². The Hall–Kier alpha value is -2.86. The molecule has 0 spiro atoms. The quantitative estimate of drug-likeness (QED) is 0.460. The lowest BCUT2D eigenvalue weighted by molar-refractivity contribution is -0.116. The standard InChI is InChI=1S/C20H19N3O2S/c1-3-13-23(17-7-5-4-6-8-17)18(24)14-26-20-22-21-19(25-20)16-11-9-15(2)10-12-16/h3-12H,1,13-14H2,2H3. The van der Waals surface area contributed by atoms with Gasteiger partial charge in [0.15, 0.2) is 0 Å². The Morgan fingerprint density at radius 3 is 2.58 bits per heavy atom. The molecule has 0 saturated heterocycles. The highest BCUT2D eigenvalue weighted by molar-refractivity contribution is 7.99. The number of carbonyl (C=O) groups excluding carboxylic acids is 1. The van der Waals surface area contributed by atoms with E-state index in [9.17, 15) is 4.79 Å². The molecule has 0 aliphatic carbocycles. The highest BCUT2D eigenvalue weighted by Crippen LogP contribution is 2.24. The van der Waals surface area contributed by atoms with E-state index in [0.29, 0.717) is 17.7 Å². The molecule has 2 aromatic carbocycles. The predicted molar refractivity (Wildman–Crippen MR) is 104 cm³/mol. The van der Waals surface area contributed by atoms with E-state index in [-0.39, 0.29) is 11.7 Å². The number of aryl methyl sites for hydroxylation is 1. The van der Waals surface area contributed by atoms with Gasteiger partial charge in [-0.3, -0.25) is 4.79 Å². The van der Waals surface area contributed by atoms with Crippen molar-refractivity contribution >= 4 is 23.4 Å². The van der Waals surface area contributed by atoms with Crippen LogP contribution in [0.3, 0.4) is 0 Å². The highest BCUT2D eigenvalue weighted by atomic mass is 32.2. The van der Waals surface area contributed by atoms with Crippen molar-refractivity contribution in [3.8, 4) is 11.5 Å². The van der Waals surface area contributed by atoms with E-state index in [4.69, 9.17) is 4.42 Å². The third kappa shape index (κ3) is 4.40. The average Bonchev–Trinajstić information content (AvgIpc) is 3.14. The number of amides is 1. The molecule has 1 heterocycles. The third-order valence-electron chi connectivity index (χ3n) is 3.70. The molecule has 0 fully saturated rings. The molecule has 1 amide bonds. The zero-order chi connectivity index (χ0) is 18.4. The fourth-order valence-corrected chi connectivity index (χ4v) is 3.01. The van der Waals surface area contributed by atoms with E-state index < -0.39 is 0 Å². The lowest BCUT2D eigenvalue weighted by Gasteiger charge is -2.20. The number of thioether (sulfide) groups is 1. The monoisotopic (exact) mass is 365 g/mol. The number of rotatable bonds is 7. The van der Waals surface area contributed by atoms with Crippen molar-refractivity contribution in [1.82, 2.24) is 10.2 Å². The maximum absolute atomic E-state index is 12.6. The maximum atomic E-state index is 12.6. The van der Waals surface area contributed by atoms with Gasteiger partial charge in [-0.05, 0) is 31.2 Å². The number of hydrogen-bond acceptors (Lipinski definition) is 5. The van der Waals surface area contributed by atoms with E-state index in [1.165, 1.54) is 11.8 Å². The first-order valence-corrected chi connectivity index (χ1v) is 9.15. The van der Waals surface area contributed by atoms with E-state index >= 15 is 0 Å². The molecule has 0 bridgehead atoms. The van der Waals surface area contributed by atoms with Crippen molar-refractivity contribution in [2.75, 3.05) is 17.2 Å². The molecular weight excluding hydrogens is 346 g/mol. The summed E-state index contributed by atoms with van der Waals surface area (Å²) in [7, 11) is 0. The van der Waals surface area contributed by atoms with E-state index in [1.54, 1.807) is 11.0 Å². The summed E-state index contributed by atoms with van der Waals surface area (Å²) in [5.74, 6) is 0.611. The minimum Gasteiger partial charge on any atom is -0.411 e. The van der Waals surface area contributed by atoms with Gasteiger partial charge in [-0.1, -0.05) is 53.7 Å². The number of para-hydroxylation sites is 1. The lowest BCUT2D eigenvalue weighted by atomic mass is 10.1. The first-order valence-electron chi connectivity index (χ1n) is 8.17. The van der Waals surface area contributed by atoms with Crippen LogP contribution >= 0.6 is 11.8 Å². The van der Waals surface area contributed by atoms with Crippen LogP contribution in [0.5, 0.6) is 0 Å². The van der Waals surface area contributed by atoms with Crippen molar-refractivity contribution in [1.29, 1.82) is 0 Å². The molecule has 0 aliphatic heterocycles. The summed E-state index contributed by atoms with van der Waals surface area (Å²) in [5, 5.41) is 8.45. The maximum Gasteiger partial charge on any atom is 0.277 e. The van der Waals surface area contributed by atoms with Gasteiger partial charge in [-0.25, -0.2) is 0 Å². The van der Waals surface area contributed by atoms with Gasteiger partial charge in [0.05, 0.1) is 5.75 Å². The molecule has 3 rings (SSSR count). The summed E-state index contributed by atoms with van der Waals surface area (Å²) in [6.45, 7) is 6.19. The SMILES string of the molecule is C=CCN(C(=O)CSc1nnc(-c2ccc(C)cc2)o1)c1ccccc1. The molecule has 0 aliphatic rings. The molecule has 0 radical (unpaired) electrons. The van der Waals surface area contributed by atoms with Gasteiger partial charge in [0.2, 0.25) is 11.8 Å². The Morgan fingerprint density at radius 1 is 1.15 bits per heavy atom. The molecule has 5 nitrogen and oxygen atoms in total. The van der Waals surface area contributed by atoms with Crippen molar-refractivity contribution in [3.63, 3.8) is 0 Å². The molecule has 132 valence electrons. The summed E-state index contributed by atoms with van der Waals surface area (Å²) in [6.07, 6.45) is 1.71. The molecule has 26 heavy (non-hydrogen) atoms. The van der Waals surface area contributed by atoms with Crippen LogP contribution in [0.1, 0.15) is 5.56 Å². The largest absolute Gasteiger partial charge is 0.411 e. The normalized spacial score (nSPS) is 10.5. The second-order valence-corrected chi connectivity index (χ2v) is 6.58. The van der Waals surface area contributed by atoms with E-state index in [2.05, 4.69) is 16.8 Å². The molecular formula is C20H19N3O2S. The predicted octanol–water partition coefficient (Wildman–Crippen LogP) is 4.36. The fraction of sp³-hybridized carbons (Fsp3) is 0.150. The van der Waals surface area contributed by atoms with Crippen LogP contribution < -0.4 is 4.90 Å².